The smallest absolute Gasteiger partial charge is 0.355 e. The number of carboxylic acid groups (broad SMARTS) is 1. The Hall–Kier alpha value is -1.03. The number of hydrogen-bond acceptors (Lipinski definition) is 6. The van der Waals surface area contributed by atoms with E-state index in [1.54, 1.807) is 0 Å². The minimum absolute atomic E-state index is 0.0119. The van der Waals surface area contributed by atoms with Gasteiger partial charge in [-0.3, -0.25) is 0 Å². The van der Waals surface area contributed by atoms with Gasteiger partial charge in [-0.15, -0.1) is 11.3 Å². The number of aromatic carboxylic acids is 1. The zero-order chi connectivity index (χ0) is 14.5. The Morgan fingerprint density at radius 3 is 2.79 bits per heavy atom. The van der Waals surface area contributed by atoms with Gasteiger partial charge in [-0.1, -0.05) is 0 Å². The van der Waals surface area contributed by atoms with E-state index in [0.29, 0.717) is 5.01 Å². The largest absolute Gasteiger partial charge is 0.476 e. The highest BCUT2D eigenvalue weighted by molar-refractivity contribution is 7.89. The van der Waals surface area contributed by atoms with Crippen molar-refractivity contribution < 1.29 is 23.1 Å². The number of nitrogens with zero attached hydrogens (tertiary/aromatic N) is 1. The number of aromatic nitrogens is 1. The Bertz CT molecular complexity index is 524. The van der Waals surface area contributed by atoms with E-state index in [9.17, 15) is 13.2 Å². The van der Waals surface area contributed by atoms with E-state index in [2.05, 4.69) is 9.71 Å². The molecule has 0 bridgehead atoms. The van der Waals surface area contributed by atoms with Crippen LogP contribution in [-0.4, -0.2) is 42.9 Å². The molecule has 19 heavy (non-hydrogen) atoms. The van der Waals surface area contributed by atoms with Gasteiger partial charge in [-0.05, 0) is 13.8 Å². The van der Waals surface area contributed by atoms with Crippen LogP contribution in [-0.2, 0) is 21.3 Å². The molecular formula is C10H16N2O5S2. The highest BCUT2D eigenvalue weighted by Crippen LogP contribution is 2.09. The van der Waals surface area contributed by atoms with Crippen molar-refractivity contribution in [1.29, 1.82) is 0 Å². The monoisotopic (exact) mass is 308 g/mol. The van der Waals surface area contributed by atoms with E-state index in [1.165, 1.54) is 5.38 Å². The van der Waals surface area contributed by atoms with Crippen LogP contribution in [0.2, 0.25) is 0 Å². The summed E-state index contributed by atoms with van der Waals surface area (Å²) in [5.74, 6) is -1.27. The molecule has 108 valence electrons. The molecule has 0 amide bonds. The zero-order valence-electron chi connectivity index (χ0n) is 10.6. The number of carboxylic acids is 1. The Balaban J connectivity index is 2.43. The summed E-state index contributed by atoms with van der Waals surface area (Å²) in [5.41, 5.74) is -0.0812. The van der Waals surface area contributed by atoms with Crippen LogP contribution >= 0.6 is 11.3 Å². The zero-order valence-corrected chi connectivity index (χ0v) is 12.3. The molecule has 0 radical (unpaired) electrons. The third-order valence-corrected chi connectivity index (χ3v) is 4.15. The van der Waals surface area contributed by atoms with Gasteiger partial charge in [-0.2, -0.15) is 0 Å². The van der Waals surface area contributed by atoms with Gasteiger partial charge in [0.2, 0.25) is 10.0 Å². The first-order chi connectivity index (χ1) is 8.80. The molecule has 0 aliphatic heterocycles. The van der Waals surface area contributed by atoms with E-state index in [-0.39, 0.29) is 30.7 Å². The third kappa shape index (κ3) is 6.10. The van der Waals surface area contributed by atoms with Crippen molar-refractivity contribution in [2.75, 3.05) is 12.4 Å². The molecule has 1 aromatic heterocycles. The summed E-state index contributed by atoms with van der Waals surface area (Å²) in [6, 6.07) is 0. The Kier molecular flexibility index (Phi) is 5.85. The van der Waals surface area contributed by atoms with Crippen molar-refractivity contribution in [1.82, 2.24) is 9.71 Å². The molecule has 0 spiro atoms. The second-order valence-corrected chi connectivity index (χ2v) is 6.86. The quantitative estimate of drug-likeness (QED) is 0.732. The van der Waals surface area contributed by atoms with Gasteiger partial charge in [0.1, 0.15) is 5.01 Å². The molecule has 0 aliphatic rings. The van der Waals surface area contributed by atoms with Crippen LogP contribution in [0.4, 0.5) is 0 Å². The fourth-order valence-electron chi connectivity index (χ4n) is 1.13. The average Bonchev–Trinajstić information content (AvgIpc) is 2.74. The van der Waals surface area contributed by atoms with Crippen molar-refractivity contribution in [3.63, 3.8) is 0 Å². The van der Waals surface area contributed by atoms with E-state index >= 15 is 0 Å². The summed E-state index contributed by atoms with van der Waals surface area (Å²) in [7, 11) is -3.44. The summed E-state index contributed by atoms with van der Waals surface area (Å²) in [6.45, 7) is 3.75. The Morgan fingerprint density at radius 2 is 2.26 bits per heavy atom. The minimum Gasteiger partial charge on any atom is -0.476 e. The molecule has 1 heterocycles. The maximum Gasteiger partial charge on any atom is 0.355 e. The van der Waals surface area contributed by atoms with Gasteiger partial charge >= 0.3 is 5.97 Å². The molecule has 1 aromatic rings. The summed E-state index contributed by atoms with van der Waals surface area (Å²) in [6.07, 6.45) is -0.0210. The first-order valence-electron chi connectivity index (χ1n) is 5.57. The van der Waals surface area contributed by atoms with Crippen LogP contribution in [0, 0.1) is 0 Å². The maximum absolute atomic E-state index is 11.6. The normalized spacial score (nSPS) is 11.9. The van der Waals surface area contributed by atoms with Crippen molar-refractivity contribution in [2.24, 2.45) is 0 Å². The van der Waals surface area contributed by atoms with Crippen LogP contribution in [0.3, 0.4) is 0 Å². The summed E-state index contributed by atoms with van der Waals surface area (Å²) >= 11 is 1.10. The molecule has 0 saturated carbocycles. The predicted molar refractivity (Wildman–Crippen MR) is 70.8 cm³/mol. The lowest BCUT2D eigenvalue weighted by atomic mass is 10.5. The molecule has 0 aromatic carbocycles. The van der Waals surface area contributed by atoms with Crippen LogP contribution in [0.1, 0.15) is 29.3 Å². The topological polar surface area (TPSA) is 106 Å². The maximum atomic E-state index is 11.6. The van der Waals surface area contributed by atoms with Gasteiger partial charge < -0.3 is 9.84 Å². The summed E-state index contributed by atoms with van der Waals surface area (Å²) in [4.78, 5) is 14.4. The van der Waals surface area contributed by atoms with E-state index < -0.39 is 16.0 Å². The highest BCUT2D eigenvalue weighted by atomic mass is 32.2. The molecule has 0 aliphatic carbocycles. The van der Waals surface area contributed by atoms with Crippen LogP contribution in [0.5, 0.6) is 0 Å². The van der Waals surface area contributed by atoms with Crippen LogP contribution in [0.15, 0.2) is 5.38 Å². The first-order valence-corrected chi connectivity index (χ1v) is 8.10. The lowest BCUT2D eigenvalue weighted by Gasteiger charge is -2.08. The number of rotatable bonds is 8. The third-order valence-electron chi connectivity index (χ3n) is 2.02. The predicted octanol–water partition coefficient (Wildman–Crippen LogP) is 0.686. The van der Waals surface area contributed by atoms with E-state index in [4.69, 9.17) is 9.84 Å². The number of hydrogen-bond donors (Lipinski definition) is 2. The number of thiazole rings is 1. The Labute approximate surface area is 115 Å². The molecular weight excluding hydrogens is 292 g/mol. The van der Waals surface area contributed by atoms with Crippen molar-refractivity contribution in [3.8, 4) is 0 Å². The Morgan fingerprint density at radius 1 is 1.58 bits per heavy atom. The number of sulfonamides is 1. The van der Waals surface area contributed by atoms with Crippen LogP contribution in [0.25, 0.3) is 0 Å². The van der Waals surface area contributed by atoms with E-state index in [1.807, 2.05) is 13.8 Å². The van der Waals surface area contributed by atoms with Gasteiger partial charge in [0, 0.05) is 5.38 Å². The summed E-state index contributed by atoms with van der Waals surface area (Å²) < 4.78 is 30.7. The molecule has 0 fully saturated rings. The molecule has 0 saturated heterocycles. The average molecular weight is 308 g/mol. The highest BCUT2D eigenvalue weighted by Gasteiger charge is 2.13. The minimum atomic E-state index is -3.44. The standard InChI is InChI=1S/C10H16N2O5S2/c1-7(2)17-3-4-19(15,16)11-5-9-12-8(6-18-9)10(13)14/h6-7,11H,3-5H2,1-2H3,(H,13,14). The fraction of sp³-hybridized carbons (Fsp3) is 0.600. The second-order valence-electron chi connectivity index (χ2n) is 3.99. The van der Waals surface area contributed by atoms with Gasteiger partial charge in [0.05, 0.1) is 25.0 Å². The fourth-order valence-corrected chi connectivity index (χ4v) is 2.74. The molecule has 9 heteroatoms. The molecule has 0 atom stereocenters. The van der Waals surface area contributed by atoms with Crippen molar-refractivity contribution in [3.05, 3.63) is 16.1 Å². The summed E-state index contributed by atoms with van der Waals surface area (Å²) in [5, 5.41) is 10.5. The number of carbonyl (C=O) groups is 1. The molecule has 1 rings (SSSR count). The number of ether oxygens (including phenoxy) is 1. The van der Waals surface area contributed by atoms with Gasteiger partial charge in [0.25, 0.3) is 0 Å². The number of nitrogens with one attached hydrogen (secondary N) is 1. The van der Waals surface area contributed by atoms with Crippen molar-refractivity contribution in [2.45, 2.75) is 26.5 Å². The first kappa shape index (κ1) is 16.0. The second kappa shape index (κ2) is 6.94. The van der Waals surface area contributed by atoms with Gasteiger partial charge in [-0.25, -0.2) is 22.9 Å². The lowest BCUT2D eigenvalue weighted by Crippen LogP contribution is -2.28. The molecule has 2 N–H and O–H groups in total. The van der Waals surface area contributed by atoms with Gasteiger partial charge in [0.15, 0.2) is 5.69 Å². The molecule has 0 unspecified atom stereocenters. The van der Waals surface area contributed by atoms with Crippen LogP contribution < -0.4 is 4.72 Å². The van der Waals surface area contributed by atoms with Crippen molar-refractivity contribution >= 4 is 27.3 Å². The molecule has 7 nitrogen and oxygen atoms in total. The SMILES string of the molecule is CC(C)OCCS(=O)(=O)NCc1nc(C(=O)O)cs1. The lowest BCUT2D eigenvalue weighted by molar-refractivity contribution is 0.0691. The van der Waals surface area contributed by atoms with E-state index in [0.717, 1.165) is 11.3 Å².